The van der Waals surface area contributed by atoms with Crippen LogP contribution in [0.5, 0.6) is 0 Å². The molecule has 0 bridgehead atoms. The lowest BCUT2D eigenvalue weighted by atomic mass is 9.85. The summed E-state index contributed by atoms with van der Waals surface area (Å²) in [7, 11) is 1.43. The molecule has 0 aromatic heterocycles. The van der Waals surface area contributed by atoms with Gasteiger partial charge in [-0.2, -0.15) is 0 Å². The largest absolute Gasteiger partial charge is 0.392 e. The molecule has 0 saturated heterocycles. The highest BCUT2D eigenvalue weighted by Crippen LogP contribution is 2.23. The molecule has 1 rings (SSSR count). The first-order valence-corrected chi connectivity index (χ1v) is 5.45. The van der Waals surface area contributed by atoms with Gasteiger partial charge in [0.25, 0.3) is 0 Å². The van der Waals surface area contributed by atoms with E-state index in [1.807, 2.05) is 0 Å². The maximum atomic E-state index is 9.66. The van der Waals surface area contributed by atoms with Crippen molar-refractivity contribution in [2.75, 3.05) is 7.11 Å². The summed E-state index contributed by atoms with van der Waals surface area (Å²) in [6.07, 6.45) is 5.81. The third-order valence-corrected chi connectivity index (χ3v) is 2.90. The molecule has 0 amide bonds. The molecule has 1 aliphatic rings. The number of allylic oxidation sites excluding steroid dienone is 2. The van der Waals surface area contributed by atoms with Gasteiger partial charge in [0.2, 0.25) is 6.41 Å². The Labute approximate surface area is 90.9 Å². The smallest absolute Gasteiger partial charge is 0.213 e. The van der Waals surface area contributed by atoms with Crippen LogP contribution in [0.25, 0.3) is 0 Å². The van der Waals surface area contributed by atoms with E-state index in [2.05, 4.69) is 17.5 Å². The molecule has 0 aromatic rings. The van der Waals surface area contributed by atoms with Crippen molar-refractivity contribution in [3.63, 3.8) is 0 Å². The van der Waals surface area contributed by atoms with Gasteiger partial charge in [-0.1, -0.05) is 12.2 Å². The summed E-state index contributed by atoms with van der Waals surface area (Å²) in [4.78, 5) is 0. The Balaban J connectivity index is 2.52. The molecule has 3 unspecified atom stereocenters. The van der Waals surface area contributed by atoms with Crippen molar-refractivity contribution in [3.05, 3.63) is 12.2 Å². The molecular formula is C11H21NO3. The van der Waals surface area contributed by atoms with Crippen LogP contribution in [0.2, 0.25) is 0 Å². The van der Waals surface area contributed by atoms with E-state index in [-0.39, 0.29) is 6.04 Å². The summed E-state index contributed by atoms with van der Waals surface area (Å²) in [5.74, 6) is 0.361. The van der Waals surface area contributed by atoms with Crippen molar-refractivity contribution in [1.82, 2.24) is 5.32 Å². The zero-order valence-electron chi connectivity index (χ0n) is 9.39. The first kappa shape index (κ1) is 12.6. The van der Waals surface area contributed by atoms with Crippen LogP contribution in [-0.4, -0.2) is 35.9 Å². The maximum absolute atomic E-state index is 9.66. The summed E-state index contributed by atoms with van der Waals surface area (Å²) < 4.78 is 4.74. The minimum Gasteiger partial charge on any atom is -0.392 e. The molecule has 88 valence electrons. The number of hydrogen-bond donors (Lipinski definition) is 3. The minimum absolute atomic E-state index is 0.120. The zero-order chi connectivity index (χ0) is 11.3. The van der Waals surface area contributed by atoms with Crippen LogP contribution in [-0.2, 0) is 4.74 Å². The van der Waals surface area contributed by atoms with Crippen molar-refractivity contribution in [2.45, 2.75) is 44.7 Å². The molecule has 0 saturated carbocycles. The highest BCUT2D eigenvalue weighted by molar-refractivity contribution is 4.95. The summed E-state index contributed by atoms with van der Waals surface area (Å²) >= 11 is 0. The van der Waals surface area contributed by atoms with Crippen LogP contribution >= 0.6 is 0 Å². The Kier molecular flexibility index (Phi) is 5.25. The van der Waals surface area contributed by atoms with Gasteiger partial charge >= 0.3 is 0 Å². The normalized spacial score (nSPS) is 27.3. The fourth-order valence-corrected chi connectivity index (χ4v) is 2.05. The molecule has 4 heteroatoms. The summed E-state index contributed by atoms with van der Waals surface area (Å²) in [6, 6.07) is -0.120. The number of hydrogen-bond acceptors (Lipinski definition) is 4. The zero-order valence-corrected chi connectivity index (χ0v) is 9.39. The van der Waals surface area contributed by atoms with Crippen LogP contribution in [0.1, 0.15) is 26.2 Å². The lowest BCUT2D eigenvalue weighted by Gasteiger charge is -2.32. The van der Waals surface area contributed by atoms with Gasteiger partial charge in [0.05, 0.1) is 6.10 Å². The second-order valence-electron chi connectivity index (χ2n) is 4.07. The molecule has 1 aliphatic carbocycles. The number of rotatable bonds is 5. The van der Waals surface area contributed by atoms with Crippen molar-refractivity contribution in [2.24, 2.45) is 5.92 Å². The summed E-state index contributed by atoms with van der Waals surface area (Å²) in [6.45, 7) is 1.73. The molecule has 3 N–H and O–H groups in total. The monoisotopic (exact) mass is 215 g/mol. The van der Waals surface area contributed by atoms with E-state index in [0.717, 1.165) is 19.3 Å². The lowest BCUT2D eigenvalue weighted by Crippen LogP contribution is -2.49. The average molecular weight is 215 g/mol. The fraction of sp³-hybridized carbons (Fsp3) is 0.818. The molecule has 0 aromatic carbocycles. The second kappa shape index (κ2) is 6.23. The van der Waals surface area contributed by atoms with E-state index in [9.17, 15) is 10.2 Å². The number of ether oxygens (including phenoxy) is 1. The molecule has 0 fully saturated rings. The van der Waals surface area contributed by atoms with Gasteiger partial charge in [-0.15, -0.1) is 0 Å². The molecule has 15 heavy (non-hydrogen) atoms. The van der Waals surface area contributed by atoms with E-state index in [1.165, 1.54) is 7.11 Å². The standard InChI is InChI=1S/C11H21NO3/c1-8(13)10(12-11(14)15-2)9-6-4-3-5-7-9/h3-4,8-14H,5-7H2,1-2H3/t8?,9?,10-,11?/m0/s1. The number of methoxy groups -OCH3 is 1. The highest BCUT2D eigenvalue weighted by Gasteiger charge is 2.27. The quantitative estimate of drug-likeness (QED) is 0.464. The van der Waals surface area contributed by atoms with Crippen molar-refractivity contribution in [3.8, 4) is 0 Å². The van der Waals surface area contributed by atoms with Gasteiger partial charge in [-0.25, -0.2) is 0 Å². The van der Waals surface area contributed by atoms with E-state index < -0.39 is 12.5 Å². The van der Waals surface area contributed by atoms with E-state index in [4.69, 9.17) is 4.74 Å². The van der Waals surface area contributed by atoms with Crippen LogP contribution in [0, 0.1) is 5.92 Å². The molecule has 0 radical (unpaired) electrons. The van der Waals surface area contributed by atoms with Crippen LogP contribution in [0.15, 0.2) is 12.2 Å². The maximum Gasteiger partial charge on any atom is 0.213 e. The van der Waals surface area contributed by atoms with E-state index in [1.54, 1.807) is 6.92 Å². The van der Waals surface area contributed by atoms with Gasteiger partial charge in [-0.05, 0) is 32.1 Å². The number of nitrogens with one attached hydrogen (secondary N) is 1. The van der Waals surface area contributed by atoms with Crippen molar-refractivity contribution >= 4 is 0 Å². The third kappa shape index (κ3) is 3.91. The van der Waals surface area contributed by atoms with Crippen molar-refractivity contribution < 1.29 is 14.9 Å². The van der Waals surface area contributed by atoms with Crippen LogP contribution in [0.4, 0.5) is 0 Å². The summed E-state index contributed by atoms with van der Waals surface area (Å²) in [5.41, 5.74) is 0. The Bertz CT molecular complexity index is 206. The lowest BCUT2D eigenvalue weighted by molar-refractivity contribution is -0.115. The van der Waals surface area contributed by atoms with Gasteiger partial charge in [-0.3, -0.25) is 5.32 Å². The SMILES string of the molecule is COC(O)N[C@@H](C(C)O)C1CC=CCC1. The molecule has 0 spiro atoms. The Morgan fingerprint density at radius 2 is 2.13 bits per heavy atom. The Morgan fingerprint density at radius 1 is 1.40 bits per heavy atom. The minimum atomic E-state index is -1.00. The summed E-state index contributed by atoms with van der Waals surface area (Å²) in [5, 5.41) is 21.9. The predicted octanol–water partition coefficient (Wildman–Crippen LogP) is 0.604. The van der Waals surface area contributed by atoms with Gasteiger partial charge < -0.3 is 14.9 Å². The number of aliphatic hydroxyl groups is 2. The van der Waals surface area contributed by atoms with Gasteiger partial charge in [0.15, 0.2) is 0 Å². The van der Waals surface area contributed by atoms with E-state index >= 15 is 0 Å². The van der Waals surface area contributed by atoms with Crippen molar-refractivity contribution in [1.29, 1.82) is 0 Å². The highest BCUT2D eigenvalue weighted by atomic mass is 16.6. The molecule has 0 aliphatic heterocycles. The molecule has 4 nitrogen and oxygen atoms in total. The molecule has 0 heterocycles. The molecular weight excluding hydrogens is 194 g/mol. The van der Waals surface area contributed by atoms with Gasteiger partial charge in [0.1, 0.15) is 0 Å². The fourth-order valence-electron chi connectivity index (χ4n) is 2.05. The van der Waals surface area contributed by atoms with Crippen LogP contribution in [0.3, 0.4) is 0 Å². The Morgan fingerprint density at radius 3 is 2.60 bits per heavy atom. The molecule has 4 atom stereocenters. The van der Waals surface area contributed by atoms with Gasteiger partial charge in [0, 0.05) is 13.2 Å². The second-order valence-corrected chi connectivity index (χ2v) is 4.07. The topological polar surface area (TPSA) is 61.7 Å². The number of aliphatic hydroxyl groups excluding tert-OH is 2. The first-order chi connectivity index (χ1) is 7.15. The first-order valence-electron chi connectivity index (χ1n) is 5.45. The third-order valence-electron chi connectivity index (χ3n) is 2.90. The van der Waals surface area contributed by atoms with Crippen LogP contribution < -0.4 is 5.32 Å². The predicted molar refractivity (Wildman–Crippen MR) is 58.1 cm³/mol. The van der Waals surface area contributed by atoms with E-state index in [0.29, 0.717) is 5.92 Å². The Hall–Kier alpha value is -0.420. The average Bonchev–Trinajstić information content (AvgIpc) is 2.26.